The van der Waals surface area contributed by atoms with Gasteiger partial charge in [-0.05, 0) is 18.6 Å². The Morgan fingerprint density at radius 3 is 2.68 bits per heavy atom. The second-order valence-electron chi connectivity index (χ2n) is 4.20. The van der Waals surface area contributed by atoms with Gasteiger partial charge in [0.2, 0.25) is 0 Å². The van der Waals surface area contributed by atoms with Crippen molar-refractivity contribution in [2.75, 3.05) is 0 Å². The lowest BCUT2D eigenvalue weighted by Crippen LogP contribution is -2.20. The van der Waals surface area contributed by atoms with Crippen LogP contribution >= 0.6 is 0 Å². The summed E-state index contributed by atoms with van der Waals surface area (Å²) in [7, 11) is -1.95. The van der Waals surface area contributed by atoms with E-state index >= 15 is 0 Å². The van der Waals surface area contributed by atoms with E-state index in [0.717, 1.165) is 25.3 Å². The molecule has 0 atom stereocenters. The van der Waals surface area contributed by atoms with Crippen LogP contribution in [0.5, 0.6) is 5.75 Å². The van der Waals surface area contributed by atoms with Crippen LogP contribution in [0.1, 0.15) is 44.6 Å². The van der Waals surface area contributed by atoms with Crippen molar-refractivity contribution < 1.29 is 19.1 Å². The summed E-state index contributed by atoms with van der Waals surface area (Å²) in [6.07, 6.45) is 5.31. The minimum absolute atomic E-state index is 0.0565. The Bertz CT molecular complexity index is 452. The molecule has 0 radical (unpaired) electrons. The molecule has 0 fully saturated rings. The average Bonchev–Trinajstić information content (AvgIpc) is 2.35. The van der Waals surface area contributed by atoms with Crippen molar-refractivity contribution in [3.8, 4) is 17.6 Å². The highest BCUT2D eigenvalue weighted by Crippen LogP contribution is 2.16. The Morgan fingerprint density at radius 1 is 1.26 bits per heavy atom. The first-order valence-electron chi connectivity index (χ1n) is 6.44. The quantitative estimate of drug-likeness (QED) is 0.471. The zero-order valence-electron chi connectivity index (χ0n) is 11.0. The molecule has 0 spiro atoms. The molecule has 0 heterocycles. The molecule has 1 rings (SSSR count). The van der Waals surface area contributed by atoms with Gasteiger partial charge in [-0.15, -0.1) is 0 Å². The lowest BCUT2D eigenvalue weighted by atomic mass is 10.1. The van der Waals surface area contributed by atoms with Gasteiger partial charge in [0.25, 0.3) is 0 Å². The Balaban J connectivity index is 2.52. The van der Waals surface area contributed by atoms with Crippen molar-refractivity contribution in [1.82, 2.24) is 0 Å². The van der Waals surface area contributed by atoms with Crippen LogP contribution in [0.15, 0.2) is 18.2 Å². The molecule has 0 amide bonds. The summed E-state index contributed by atoms with van der Waals surface area (Å²) >= 11 is 0. The van der Waals surface area contributed by atoms with E-state index in [4.69, 9.17) is 10.0 Å². The molecule has 0 saturated carbocycles. The fourth-order valence-electron chi connectivity index (χ4n) is 1.59. The predicted octanol–water partition coefficient (Wildman–Crippen LogP) is 2.50. The summed E-state index contributed by atoms with van der Waals surface area (Å²) < 4.78 is 18.1. The average molecular weight is 264 g/mol. The van der Waals surface area contributed by atoms with Crippen molar-refractivity contribution in [3.63, 3.8) is 0 Å². The maximum atomic E-state index is 13.6. The van der Waals surface area contributed by atoms with Gasteiger partial charge in [0.05, 0.1) is 5.56 Å². The molecule has 0 aliphatic rings. The van der Waals surface area contributed by atoms with Crippen LogP contribution in [0.25, 0.3) is 0 Å². The fourth-order valence-corrected chi connectivity index (χ4v) is 1.59. The third kappa shape index (κ3) is 6.28. The van der Waals surface area contributed by atoms with Crippen molar-refractivity contribution in [2.24, 2.45) is 0 Å². The van der Waals surface area contributed by atoms with Gasteiger partial charge in [-0.1, -0.05) is 38.0 Å². The van der Waals surface area contributed by atoms with Crippen LogP contribution in [0.2, 0.25) is 0 Å². The van der Waals surface area contributed by atoms with Crippen molar-refractivity contribution in [3.05, 3.63) is 29.6 Å². The van der Waals surface area contributed by atoms with Crippen molar-refractivity contribution in [1.29, 1.82) is 0 Å². The van der Waals surface area contributed by atoms with Crippen LogP contribution in [-0.2, 0) is 0 Å². The monoisotopic (exact) mass is 264 g/mol. The summed E-state index contributed by atoms with van der Waals surface area (Å²) in [4.78, 5) is 0. The zero-order chi connectivity index (χ0) is 14.1. The third-order valence-corrected chi connectivity index (χ3v) is 2.56. The number of halogens is 1. The van der Waals surface area contributed by atoms with Crippen LogP contribution in [0, 0.1) is 17.7 Å². The van der Waals surface area contributed by atoms with E-state index in [1.165, 1.54) is 25.0 Å². The topological polar surface area (TPSA) is 49.7 Å². The van der Waals surface area contributed by atoms with Gasteiger partial charge in [0, 0.05) is 12.5 Å². The number of unbranched alkanes of at least 4 members (excludes halogenated alkanes) is 4. The molecule has 0 aromatic heterocycles. The minimum atomic E-state index is -1.95. The predicted molar refractivity (Wildman–Crippen MR) is 72.9 cm³/mol. The summed E-state index contributed by atoms with van der Waals surface area (Å²) in [6, 6.07) is 4.00. The lowest BCUT2D eigenvalue weighted by Gasteiger charge is -2.04. The largest absolute Gasteiger partial charge is 0.707 e. The maximum absolute atomic E-state index is 13.6. The van der Waals surface area contributed by atoms with E-state index < -0.39 is 13.1 Å². The van der Waals surface area contributed by atoms with Crippen molar-refractivity contribution >= 4 is 7.32 Å². The Hall–Kier alpha value is -1.51. The Morgan fingerprint density at radius 2 is 2.05 bits per heavy atom. The van der Waals surface area contributed by atoms with E-state index in [9.17, 15) is 4.39 Å². The second kappa shape index (κ2) is 8.57. The van der Waals surface area contributed by atoms with Gasteiger partial charge in [0.15, 0.2) is 0 Å². The molecular weight excluding hydrogens is 246 g/mol. The van der Waals surface area contributed by atoms with Crippen LogP contribution < -0.4 is 4.65 Å². The number of hydrogen-bond acceptors (Lipinski definition) is 3. The zero-order valence-corrected chi connectivity index (χ0v) is 11.0. The first-order chi connectivity index (χ1) is 9.13. The van der Waals surface area contributed by atoms with Crippen molar-refractivity contribution in [2.45, 2.75) is 39.0 Å². The van der Waals surface area contributed by atoms with Gasteiger partial charge in [-0.25, -0.2) is 4.39 Å². The SMILES string of the molecule is CCCCCCC#Cc1ccc(OB(O)O)cc1F. The summed E-state index contributed by atoms with van der Waals surface area (Å²) in [5.74, 6) is 5.22. The molecule has 1 aromatic carbocycles. The smallest absolute Gasteiger partial charge is 0.512 e. The minimum Gasteiger partial charge on any atom is -0.512 e. The van der Waals surface area contributed by atoms with E-state index in [2.05, 4.69) is 23.4 Å². The molecule has 2 N–H and O–H groups in total. The number of hydrogen-bond donors (Lipinski definition) is 2. The van der Waals surface area contributed by atoms with Gasteiger partial charge in [-0.2, -0.15) is 0 Å². The third-order valence-electron chi connectivity index (χ3n) is 2.56. The number of rotatable bonds is 6. The van der Waals surface area contributed by atoms with E-state index in [1.54, 1.807) is 0 Å². The molecule has 0 saturated heterocycles. The number of benzene rings is 1. The molecule has 19 heavy (non-hydrogen) atoms. The van der Waals surface area contributed by atoms with E-state index in [1.807, 2.05) is 0 Å². The summed E-state index contributed by atoms with van der Waals surface area (Å²) in [6.45, 7) is 2.15. The highest BCUT2D eigenvalue weighted by atomic mass is 19.1. The molecule has 0 aliphatic carbocycles. The standard InChI is InChI=1S/C14H18BFO3/c1-2-3-4-5-6-7-8-12-9-10-13(11-14(12)16)19-15(17)18/h9-11,17-18H,2-6H2,1H3. The van der Waals surface area contributed by atoms with Gasteiger partial charge < -0.3 is 14.7 Å². The highest BCUT2D eigenvalue weighted by molar-refractivity contribution is 6.33. The first kappa shape index (κ1) is 15.6. The molecule has 1 aromatic rings. The summed E-state index contributed by atoms with van der Waals surface area (Å²) in [5, 5.41) is 17.2. The van der Waals surface area contributed by atoms with E-state index in [-0.39, 0.29) is 11.3 Å². The Kier molecular flexibility index (Phi) is 7.02. The van der Waals surface area contributed by atoms with Crippen LogP contribution in [0.3, 0.4) is 0 Å². The van der Waals surface area contributed by atoms with Crippen LogP contribution in [0.4, 0.5) is 4.39 Å². The van der Waals surface area contributed by atoms with Crippen LogP contribution in [-0.4, -0.2) is 17.4 Å². The molecule has 0 aliphatic heterocycles. The molecule has 5 heteroatoms. The molecule has 102 valence electrons. The Labute approximate surface area is 113 Å². The maximum Gasteiger partial charge on any atom is 0.707 e. The van der Waals surface area contributed by atoms with Gasteiger partial charge >= 0.3 is 7.32 Å². The molecular formula is C14H18BFO3. The van der Waals surface area contributed by atoms with Gasteiger partial charge in [-0.3, -0.25) is 0 Å². The molecule has 0 unspecified atom stereocenters. The highest BCUT2D eigenvalue weighted by Gasteiger charge is 2.12. The second-order valence-corrected chi connectivity index (χ2v) is 4.20. The fraction of sp³-hybridized carbons (Fsp3) is 0.429. The van der Waals surface area contributed by atoms with Gasteiger partial charge in [0.1, 0.15) is 11.6 Å². The lowest BCUT2D eigenvalue weighted by molar-refractivity contribution is 0.287. The normalized spacial score (nSPS) is 9.68. The molecule has 3 nitrogen and oxygen atoms in total. The van der Waals surface area contributed by atoms with E-state index in [0.29, 0.717) is 0 Å². The molecule has 0 bridgehead atoms. The summed E-state index contributed by atoms with van der Waals surface area (Å²) in [5.41, 5.74) is 0.287. The first-order valence-corrected chi connectivity index (χ1v) is 6.44.